The van der Waals surface area contributed by atoms with E-state index in [1.165, 1.54) is 0 Å². The minimum atomic E-state index is -0.382. The lowest BCUT2D eigenvalue weighted by atomic mass is 9.85. The van der Waals surface area contributed by atoms with E-state index >= 15 is 0 Å². The van der Waals surface area contributed by atoms with E-state index in [0.29, 0.717) is 29.1 Å². The Hall–Kier alpha value is -2.45. The van der Waals surface area contributed by atoms with Gasteiger partial charge in [-0.1, -0.05) is 0 Å². The average molecular weight is 342 g/mol. The second-order valence-corrected chi connectivity index (χ2v) is 6.72. The highest BCUT2D eigenvalue weighted by molar-refractivity contribution is 6.01. The maximum Gasteiger partial charge on any atom is 0.329 e. The SMILES string of the molecule is NCNCC1CCC(n2c(=O)[nH]c(=O)c3cnc4[nH]ccc4c32)CC1. The summed E-state index contributed by atoms with van der Waals surface area (Å²) >= 11 is 0. The van der Waals surface area contributed by atoms with E-state index in [4.69, 9.17) is 5.73 Å². The zero-order valence-corrected chi connectivity index (χ0v) is 13.9. The lowest BCUT2D eigenvalue weighted by molar-refractivity contribution is 0.267. The summed E-state index contributed by atoms with van der Waals surface area (Å²) in [5.74, 6) is 0.582. The third-order valence-corrected chi connectivity index (χ3v) is 5.24. The first-order valence-electron chi connectivity index (χ1n) is 8.70. The van der Waals surface area contributed by atoms with E-state index in [-0.39, 0.29) is 17.3 Å². The molecule has 1 aliphatic carbocycles. The molecule has 3 aromatic heterocycles. The Labute approximate surface area is 143 Å². The van der Waals surface area contributed by atoms with Crippen molar-refractivity contribution in [2.45, 2.75) is 31.7 Å². The Morgan fingerprint density at radius 3 is 2.80 bits per heavy atom. The smallest absolute Gasteiger partial charge is 0.329 e. The van der Waals surface area contributed by atoms with Crippen molar-refractivity contribution in [1.29, 1.82) is 0 Å². The van der Waals surface area contributed by atoms with Crippen LogP contribution in [0.1, 0.15) is 31.7 Å². The quantitative estimate of drug-likeness (QED) is 0.523. The Morgan fingerprint density at radius 2 is 2.04 bits per heavy atom. The first-order chi connectivity index (χ1) is 12.2. The molecule has 4 rings (SSSR count). The van der Waals surface area contributed by atoms with Crippen LogP contribution in [-0.4, -0.2) is 32.7 Å². The standard InChI is InChI=1S/C17H22N6O2/c18-9-19-7-10-1-3-11(4-2-10)23-14-12-5-6-20-15(12)21-8-13(14)16(24)22-17(23)25/h5-6,8,10-11,19H,1-4,7,9,18H2,(H,20,21)(H,22,24,25). The van der Waals surface area contributed by atoms with Crippen LogP contribution in [0.2, 0.25) is 0 Å². The third kappa shape index (κ3) is 2.77. The predicted molar refractivity (Wildman–Crippen MR) is 96.5 cm³/mol. The number of nitrogens with two attached hydrogens (primary N) is 1. The molecule has 8 heteroatoms. The molecule has 132 valence electrons. The van der Waals surface area contributed by atoms with Gasteiger partial charge in [-0.3, -0.25) is 14.3 Å². The number of nitrogens with zero attached hydrogens (tertiary/aromatic N) is 2. The Bertz CT molecular complexity index is 1010. The number of fused-ring (bicyclic) bond motifs is 3. The molecule has 0 unspecified atom stereocenters. The molecule has 0 atom stereocenters. The lowest BCUT2D eigenvalue weighted by Gasteiger charge is -2.30. The van der Waals surface area contributed by atoms with Crippen LogP contribution in [0.4, 0.5) is 0 Å². The third-order valence-electron chi connectivity index (χ3n) is 5.24. The fourth-order valence-corrected chi connectivity index (χ4v) is 3.99. The number of aromatic amines is 2. The molecule has 5 N–H and O–H groups in total. The fraction of sp³-hybridized carbons (Fsp3) is 0.471. The summed E-state index contributed by atoms with van der Waals surface area (Å²) in [5, 5.41) is 4.46. The van der Waals surface area contributed by atoms with Gasteiger partial charge in [0.05, 0.1) is 10.9 Å². The van der Waals surface area contributed by atoms with Crippen LogP contribution in [0.5, 0.6) is 0 Å². The zero-order chi connectivity index (χ0) is 17.4. The summed E-state index contributed by atoms with van der Waals surface area (Å²) in [6, 6.07) is 1.96. The molecule has 3 aromatic rings. The number of nitrogens with one attached hydrogen (secondary N) is 3. The Morgan fingerprint density at radius 1 is 1.24 bits per heavy atom. The Kier molecular flexibility index (Phi) is 4.14. The predicted octanol–water partition coefficient (Wildman–Crippen LogP) is 0.803. The van der Waals surface area contributed by atoms with Crippen molar-refractivity contribution in [2.24, 2.45) is 11.7 Å². The second kappa shape index (κ2) is 6.45. The van der Waals surface area contributed by atoms with Crippen molar-refractivity contribution in [3.63, 3.8) is 0 Å². The maximum atomic E-state index is 12.6. The summed E-state index contributed by atoms with van der Waals surface area (Å²) in [4.78, 5) is 34.6. The number of aromatic nitrogens is 4. The molecule has 0 radical (unpaired) electrons. The van der Waals surface area contributed by atoms with Crippen LogP contribution >= 0.6 is 0 Å². The van der Waals surface area contributed by atoms with Crippen molar-refractivity contribution in [2.75, 3.05) is 13.2 Å². The van der Waals surface area contributed by atoms with E-state index in [0.717, 1.165) is 37.6 Å². The van der Waals surface area contributed by atoms with Crippen molar-refractivity contribution in [3.05, 3.63) is 39.3 Å². The molecule has 0 aliphatic heterocycles. The molecule has 0 aromatic carbocycles. The zero-order valence-electron chi connectivity index (χ0n) is 13.9. The minimum absolute atomic E-state index is 0.0847. The molecule has 0 spiro atoms. The van der Waals surface area contributed by atoms with Gasteiger partial charge in [-0.05, 0) is 44.2 Å². The summed E-state index contributed by atoms with van der Waals surface area (Å²) in [5.41, 5.74) is 6.15. The minimum Gasteiger partial charge on any atom is -0.346 e. The van der Waals surface area contributed by atoms with E-state index in [2.05, 4.69) is 20.3 Å². The number of H-pyrrole nitrogens is 2. The molecule has 0 saturated heterocycles. The van der Waals surface area contributed by atoms with E-state index in [1.807, 2.05) is 6.07 Å². The van der Waals surface area contributed by atoms with Crippen LogP contribution in [0, 0.1) is 5.92 Å². The van der Waals surface area contributed by atoms with E-state index in [1.54, 1.807) is 17.0 Å². The number of hydrogen-bond acceptors (Lipinski definition) is 5. The van der Waals surface area contributed by atoms with Gasteiger partial charge in [0.2, 0.25) is 0 Å². The van der Waals surface area contributed by atoms with Crippen LogP contribution in [0.3, 0.4) is 0 Å². The van der Waals surface area contributed by atoms with E-state index < -0.39 is 0 Å². The van der Waals surface area contributed by atoms with Gasteiger partial charge in [-0.2, -0.15) is 0 Å². The van der Waals surface area contributed by atoms with Crippen LogP contribution in [0.25, 0.3) is 21.9 Å². The van der Waals surface area contributed by atoms with Gasteiger partial charge in [-0.25, -0.2) is 9.78 Å². The van der Waals surface area contributed by atoms with Gasteiger partial charge < -0.3 is 16.0 Å². The highest BCUT2D eigenvalue weighted by Gasteiger charge is 2.25. The first-order valence-corrected chi connectivity index (χ1v) is 8.70. The fourth-order valence-electron chi connectivity index (χ4n) is 3.99. The monoisotopic (exact) mass is 342 g/mol. The molecule has 25 heavy (non-hydrogen) atoms. The summed E-state index contributed by atoms with van der Waals surface area (Å²) in [6.45, 7) is 1.40. The van der Waals surface area contributed by atoms with Crippen molar-refractivity contribution in [1.82, 2.24) is 24.8 Å². The molecule has 0 amide bonds. The van der Waals surface area contributed by atoms with Crippen molar-refractivity contribution >= 4 is 21.9 Å². The summed E-state index contributed by atoms with van der Waals surface area (Å²) in [7, 11) is 0. The van der Waals surface area contributed by atoms with Crippen molar-refractivity contribution < 1.29 is 0 Å². The van der Waals surface area contributed by atoms with Crippen LogP contribution < -0.4 is 22.3 Å². The van der Waals surface area contributed by atoms with Gasteiger partial charge in [0.15, 0.2) is 0 Å². The highest BCUT2D eigenvalue weighted by atomic mass is 16.2. The molecule has 1 saturated carbocycles. The van der Waals surface area contributed by atoms with Gasteiger partial charge in [-0.15, -0.1) is 0 Å². The first kappa shape index (κ1) is 16.0. The highest BCUT2D eigenvalue weighted by Crippen LogP contribution is 2.33. The molecular weight excluding hydrogens is 320 g/mol. The Balaban J connectivity index is 1.78. The molecule has 1 fully saturated rings. The van der Waals surface area contributed by atoms with Gasteiger partial charge >= 0.3 is 5.69 Å². The van der Waals surface area contributed by atoms with Crippen molar-refractivity contribution in [3.8, 4) is 0 Å². The van der Waals surface area contributed by atoms with Gasteiger partial charge in [0.25, 0.3) is 5.56 Å². The molecule has 3 heterocycles. The number of pyridine rings is 1. The summed E-state index contributed by atoms with van der Waals surface area (Å²) in [6.07, 6.45) is 7.21. The van der Waals surface area contributed by atoms with Crippen LogP contribution in [-0.2, 0) is 0 Å². The second-order valence-electron chi connectivity index (χ2n) is 6.72. The molecule has 8 nitrogen and oxygen atoms in total. The lowest BCUT2D eigenvalue weighted by Crippen LogP contribution is -2.36. The van der Waals surface area contributed by atoms with Crippen LogP contribution in [0.15, 0.2) is 28.0 Å². The van der Waals surface area contributed by atoms with E-state index in [9.17, 15) is 9.59 Å². The molecule has 1 aliphatic rings. The molecule has 0 bridgehead atoms. The van der Waals surface area contributed by atoms with Gasteiger partial charge in [0.1, 0.15) is 5.65 Å². The average Bonchev–Trinajstić information content (AvgIpc) is 3.10. The maximum absolute atomic E-state index is 12.6. The number of rotatable bonds is 4. The largest absolute Gasteiger partial charge is 0.346 e. The normalized spacial score (nSPS) is 21.2. The number of hydrogen-bond donors (Lipinski definition) is 4. The topological polar surface area (TPSA) is 122 Å². The summed E-state index contributed by atoms with van der Waals surface area (Å²) < 4.78 is 1.77. The van der Waals surface area contributed by atoms with Gasteiger partial charge in [0, 0.05) is 30.5 Å². The molecular formula is C17H22N6O2.